The fraction of sp³-hybridized carbons (Fsp3) is 0.533. The summed E-state index contributed by atoms with van der Waals surface area (Å²) in [6, 6.07) is 5.25. The monoisotopic (exact) mass is 263 g/mol. The zero-order valence-electron chi connectivity index (χ0n) is 11.4. The molecule has 19 heavy (non-hydrogen) atoms. The summed E-state index contributed by atoms with van der Waals surface area (Å²) in [5, 5.41) is 0. The minimum atomic E-state index is 0.571. The van der Waals surface area contributed by atoms with Crippen LogP contribution in [-0.2, 0) is 0 Å². The molecule has 1 fully saturated rings. The van der Waals surface area contributed by atoms with Gasteiger partial charge in [-0.15, -0.1) is 0 Å². The average molecular weight is 263 g/mol. The van der Waals surface area contributed by atoms with Crippen LogP contribution in [0.4, 0.5) is 0 Å². The summed E-state index contributed by atoms with van der Waals surface area (Å²) in [6.07, 6.45) is 4.42. The lowest BCUT2D eigenvalue weighted by molar-refractivity contribution is 0.111. The van der Waals surface area contributed by atoms with E-state index in [9.17, 15) is 4.79 Å². The Kier molecular flexibility index (Phi) is 5.21. The predicted octanol–water partition coefficient (Wildman–Crippen LogP) is 2.37. The van der Waals surface area contributed by atoms with Gasteiger partial charge < -0.3 is 14.4 Å². The maximum absolute atomic E-state index is 10.9. The number of methoxy groups -OCH3 is 1. The molecular formula is C15H21NO3. The van der Waals surface area contributed by atoms with Crippen molar-refractivity contribution in [2.24, 2.45) is 0 Å². The van der Waals surface area contributed by atoms with Crippen LogP contribution in [0.25, 0.3) is 0 Å². The van der Waals surface area contributed by atoms with Crippen LogP contribution < -0.4 is 9.47 Å². The summed E-state index contributed by atoms with van der Waals surface area (Å²) >= 11 is 0. The Labute approximate surface area is 114 Å². The molecule has 0 unspecified atom stereocenters. The van der Waals surface area contributed by atoms with E-state index in [1.54, 1.807) is 25.3 Å². The third-order valence-corrected chi connectivity index (χ3v) is 3.42. The first-order valence-corrected chi connectivity index (χ1v) is 6.82. The highest BCUT2D eigenvalue weighted by Crippen LogP contribution is 2.23. The van der Waals surface area contributed by atoms with E-state index in [4.69, 9.17) is 9.47 Å². The van der Waals surface area contributed by atoms with Crippen molar-refractivity contribution in [1.82, 2.24) is 4.90 Å². The normalized spacial score (nSPS) is 15.4. The van der Waals surface area contributed by atoms with Gasteiger partial charge in [-0.2, -0.15) is 0 Å². The van der Waals surface area contributed by atoms with Gasteiger partial charge in [0.1, 0.15) is 11.5 Å². The summed E-state index contributed by atoms with van der Waals surface area (Å²) in [5.74, 6) is 1.32. The summed E-state index contributed by atoms with van der Waals surface area (Å²) in [4.78, 5) is 13.4. The first-order valence-electron chi connectivity index (χ1n) is 6.82. The Morgan fingerprint density at radius 3 is 2.79 bits per heavy atom. The molecule has 0 aliphatic carbocycles. The van der Waals surface area contributed by atoms with Gasteiger partial charge in [-0.3, -0.25) is 4.79 Å². The number of hydrogen-bond acceptors (Lipinski definition) is 4. The molecule has 0 atom stereocenters. The molecular weight excluding hydrogens is 242 g/mol. The summed E-state index contributed by atoms with van der Waals surface area (Å²) in [5.41, 5.74) is 0.571. The van der Waals surface area contributed by atoms with Crippen LogP contribution in [-0.4, -0.2) is 44.5 Å². The third-order valence-electron chi connectivity index (χ3n) is 3.42. The van der Waals surface area contributed by atoms with Gasteiger partial charge in [-0.1, -0.05) is 0 Å². The first kappa shape index (κ1) is 13.9. The number of carbonyl (C=O) groups is 1. The van der Waals surface area contributed by atoms with Gasteiger partial charge in [0, 0.05) is 12.6 Å². The van der Waals surface area contributed by atoms with Gasteiger partial charge in [0.05, 0.1) is 19.3 Å². The van der Waals surface area contributed by atoms with Crippen molar-refractivity contribution >= 4 is 6.29 Å². The molecule has 0 bridgehead atoms. The minimum absolute atomic E-state index is 0.571. The molecule has 0 saturated carbocycles. The van der Waals surface area contributed by atoms with Crippen LogP contribution in [0.5, 0.6) is 11.5 Å². The quantitative estimate of drug-likeness (QED) is 0.559. The van der Waals surface area contributed by atoms with Gasteiger partial charge in [0.25, 0.3) is 0 Å². The van der Waals surface area contributed by atoms with Crippen molar-refractivity contribution in [3.8, 4) is 11.5 Å². The second kappa shape index (κ2) is 7.14. The highest BCUT2D eigenvalue weighted by molar-refractivity contribution is 5.79. The average Bonchev–Trinajstić information content (AvgIpc) is 2.96. The van der Waals surface area contributed by atoms with Crippen molar-refractivity contribution in [2.75, 3.05) is 33.4 Å². The molecule has 0 spiro atoms. The Morgan fingerprint density at radius 1 is 1.32 bits per heavy atom. The highest BCUT2D eigenvalue weighted by atomic mass is 16.5. The van der Waals surface area contributed by atoms with Gasteiger partial charge in [-0.05, 0) is 44.5 Å². The lowest BCUT2D eigenvalue weighted by atomic mass is 10.2. The van der Waals surface area contributed by atoms with Crippen molar-refractivity contribution in [3.63, 3.8) is 0 Å². The largest absolute Gasteiger partial charge is 0.497 e. The molecule has 0 radical (unpaired) electrons. The van der Waals surface area contributed by atoms with Crippen molar-refractivity contribution in [1.29, 1.82) is 0 Å². The van der Waals surface area contributed by atoms with Crippen LogP contribution in [0.2, 0.25) is 0 Å². The SMILES string of the molecule is COc1ccc(C=O)c(OCCCN2CCCC2)c1. The molecule has 1 heterocycles. The number of carbonyl (C=O) groups excluding carboxylic acids is 1. The molecule has 1 aliphatic rings. The van der Waals surface area contributed by atoms with Crippen LogP contribution in [0.3, 0.4) is 0 Å². The van der Waals surface area contributed by atoms with Gasteiger partial charge in [0.2, 0.25) is 0 Å². The number of nitrogens with zero attached hydrogens (tertiary/aromatic N) is 1. The first-order chi connectivity index (χ1) is 9.33. The molecule has 0 aromatic heterocycles. The third kappa shape index (κ3) is 3.96. The topological polar surface area (TPSA) is 38.8 Å². The fourth-order valence-corrected chi connectivity index (χ4v) is 2.34. The predicted molar refractivity (Wildman–Crippen MR) is 74.2 cm³/mol. The molecule has 4 heteroatoms. The molecule has 1 aliphatic heterocycles. The lowest BCUT2D eigenvalue weighted by Crippen LogP contribution is -2.22. The van der Waals surface area contributed by atoms with E-state index in [0.717, 1.165) is 19.3 Å². The Bertz CT molecular complexity index is 414. The van der Waals surface area contributed by atoms with Crippen LogP contribution >= 0.6 is 0 Å². The van der Waals surface area contributed by atoms with E-state index in [1.807, 2.05) is 0 Å². The number of ether oxygens (including phenoxy) is 2. The Morgan fingerprint density at radius 2 is 2.11 bits per heavy atom. The summed E-state index contributed by atoms with van der Waals surface area (Å²) in [7, 11) is 1.60. The number of hydrogen-bond donors (Lipinski definition) is 0. The number of rotatable bonds is 7. The van der Waals surface area contributed by atoms with E-state index in [0.29, 0.717) is 23.7 Å². The lowest BCUT2D eigenvalue weighted by Gasteiger charge is -2.15. The summed E-state index contributed by atoms with van der Waals surface area (Å²) in [6.45, 7) is 4.11. The standard InChI is InChI=1S/C15H21NO3/c1-18-14-6-5-13(12-17)15(11-14)19-10-4-9-16-7-2-3-8-16/h5-6,11-12H,2-4,7-10H2,1H3. The summed E-state index contributed by atoms with van der Waals surface area (Å²) < 4.78 is 10.8. The molecule has 2 rings (SSSR count). The van der Waals surface area contributed by atoms with Gasteiger partial charge >= 0.3 is 0 Å². The molecule has 1 saturated heterocycles. The van der Waals surface area contributed by atoms with E-state index >= 15 is 0 Å². The van der Waals surface area contributed by atoms with E-state index < -0.39 is 0 Å². The second-order valence-corrected chi connectivity index (χ2v) is 4.77. The van der Waals surface area contributed by atoms with Crippen LogP contribution in [0, 0.1) is 0 Å². The number of benzene rings is 1. The van der Waals surface area contributed by atoms with Gasteiger partial charge in [-0.25, -0.2) is 0 Å². The fourth-order valence-electron chi connectivity index (χ4n) is 2.34. The van der Waals surface area contributed by atoms with E-state index in [1.165, 1.54) is 25.9 Å². The molecule has 104 valence electrons. The smallest absolute Gasteiger partial charge is 0.153 e. The number of likely N-dealkylation sites (tertiary alicyclic amines) is 1. The molecule has 1 aromatic carbocycles. The zero-order valence-corrected chi connectivity index (χ0v) is 11.4. The maximum Gasteiger partial charge on any atom is 0.153 e. The van der Waals surface area contributed by atoms with Crippen LogP contribution in [0.1, 0.15) is 29.6 Å². The van der Waals surface area contributed by atoms with Gasteiger partial charge in [0.15, 0.2) is 6.29 Å². The molecule has 0 amide bonds. The van der Waals surface area contributed by atoms with Crippen molar-refractivity contribution in [3.05, 3.63) is 23.8 Å². The number of aldehydes is 1. The Hall–Kier alpha value is -1.55. The molecule has 1 aromatic rings. The zero-order chi connectivity index (χ0) is 13.5. The van der Waals surface area contributed by atoms with Crippen LogP contribution in [0.15, 0.2) is 18.2 Å². The second-order valence-electron chi connectivity index (χ2n) is 4.77. The maximum atomic E-state index is 10.9. The van der Waals surface area contributed by atoms with Crippen molar-refractivity contribution in [2.45, 2.75) is 19.3 Å². The minimum Gasteiger partial charge on any atom is -0.497 e. The van der Waals surface area contributed by atoms with E-state index in [2.05, 4.69) is 4.90 Å². The Balaban J connectivity index is 1.81. The highest BCUT2D eigenvalue weighted by Gasteiger charge is 2.11. The van der Waals surface area contributed by atoms with E-state index in [-0.39, 0.29) is 0 Å². The molecule has 0 N–H and O–H groups in total. The molecule has 4 nitrogen and oxygen atoms in total. The van der Waals surface area contributed by atoms with Crippen molar-refractivity contribution < 1.29 is 14.3 Å².